The van der Waals surface area contributed by atoms with Crippen LogP contribution in [0, 0.1) is 0 Å². The van der Waals surface area contributed by atoms with Crippen LogP contribution < -0.4 is 19.5 Å². The molecule has 170 valence electrons. The number of benzene rings is 3. The molecular formula is C23H20ClN3O5S. The molecule has 1 aromatic heterocycles. The summed E-state index contributed by atoms with van der Waals surface area (Å²) < 4.78 is 37.6. The number of hydrogen-bond acceptors (Lipinski definition) is 6. The Morgan fingerprint density at radius 2 is 1.67 bits per heavy atom. The van der Waals surface area contributed by atoms with Gasteiger partial charge >= 0.3 is 0 Å². The highest BCUT2D eigenvalue weighted by atomic mass is 35.5. The summed E-state index contributed by atoms with van der Waals surface area (Å²) >= 11 is 6.33. The van der Waals surface area contributed by atoms with Gasteiger partial charge in [-0.15, -0.1) is 0 Å². The normalized spacial score (nSPS) is 11.2. The van der Waals surface area contributed by atoms with Crippen molar-refractivity contribution in [3.63, 3.8) is 0 Å². The maximum absolute atomic E-state index is 12.8. The second kappa shape index (κ2) is 9.05. The molecule has 10 heteroatoms. The number of H-pyrrole nitrogens is 1. The third-order valence-electron chi connectivity index (χ3n) is 4.93. The fourth-order valence-electron chi connectivity index (χ4n) is 3.26. The van der Waals surface area contributed by atoms with Gasteiger partial charge in [-0.05, 0) is 54.6 Å². The van der Waals surface area contributed by atoms with E-state index in [1.54, 1.807) is 19.2 Å². The summed E-state index contributed by atoms with van der Waals surface area (Å²) in [6.07, 6.45) is 0. The SMILES string of the molecule is COc1ccc(S(=O)(=O)NC(=O)c2cc3c(Cl)ccc(Nc4cccc(OC)c4)c3[nH]2)cc1. The molecule has 3 N–H and O–H groups in total. The predicted octanol–water partition coefficient (Wildman–Crippen LogP) is 4.70. The van der Waals surface area contributed by atoms with Crippen molar-refractivity contribution in [2.24, 2.45) is 0 Å². The van der Waals surface area contributed by atoms with Crippen molar-refractivity contribution in [1.82, 2.24) is 9.71 Å². The van der Waals surface area contributed by atoms with Gasteiger partial charge in [0.1, 0.15) is 17.2 Å². The van der Waals surface area contributed by atoms with Crippen molar-refractivity contribution in [2.75, 3.05) is 19.5 Å². The number of aromatic amines is 1. The zero-order chi connectivity index (χ0) is 23.6. The quantitative estimate of drug-likeness (QED) is 0.350. The zero-order valence-corrected chi connectivity index (χ0v) is 19.3. The van der Waals surface area contributed by atoms with Gasteiger partial charge in [0.25, 0.3) is 15.9 Å². The van der Waals surface area contributed by atoms with Crippen LogP contribution in [0.15, 0.2) is 71.6 Å². The number of ether oxygens (including phenoxy) is 2. The lowest BCUT2D eigenvalue weighted by atomic mass is 10.2. The first-order chi connectivity index (χ1) is 15.8. The van der Waals surface area contributed by atoms with E-state index in [1.807, 2.05) is 24.3 Å². The van der Waals surface area contributed by atoms with Crippen molar-refractivity contribution < 1.29 is 22.7 Å². The van der Waals surface area contributed by atoms with Crippen molar-refractivity contribution in [2.45, 2.75) is 4.90 Å². The van der Waals surface area contributed by atoms with Crippen LogP contribution in [0.25, 0.3) is 10.9 Å². The highest BCUT2D eigenvalue weighted by Gasteiger charge is 2.21. The van der Waals surface area contributed by atoms with Crippen LogP contribution >= 0.6 is 11.6 Å². The Labute approximate surface area is 195 Å². The molecule has 0 saturated heterocycles. The summed E-state index contributed by atoms with van der Waals surface area (Å²) in [5.74, 6) is 0.368. The highest BCUT2D eigenvalue weighted by Crippen LogP contribution is 2.33. The van der Waals surface area contributed by atoms with Crippen LogP contribution in [0.5, 0.6) is 11.5 Å². The maximum Gasteiger partial charge on any atom is 0.281 e. The van der Waals surface area contributed by atoms with E-state index < -0.39 is 15.9 Å². The molecule has 0 aliphatic heterocycles. The lowest BCUT2D eigenvalue weighted by Gasteiger charge is -2.10. The molecular weight excluding hydrogens is 466 g/mol. The van der Waals surface area contributed by atoms with Gasteiger partial charge in [-0.2, -0.15) is 0 Å². The number of carbonyl (C=O) groups is 1. The molecule has 0 unspecified atom stereocenters. The van der Waals surface area contributed by atoms with Crippen LogP contribution in [-0.2, 0) is 10.0 Å². The summed E-state index contributed by atoms with van der Waals surface area (Å²) in [4.78, 5) is 15.7. The van der Waals surface area contributed by atoms with Crippen molar-refractivity contribution >= 4 is 49.8 Å². The Balaban J connectivity index is 1.63. The highest BCUT2D eigenvalue weighted by molar-refractivity contribution is 7.90. The molecule has 0 radical (unpaired) electrons. The predicted molar refractivity (Wildman–Crippen MR) is 127 cm³/mol. The van der Waals surface area contributed by atoms with Crippen LogP contribution in [-0.4, -0.2) is 33.5 Å². The summed E-state index contributed by atoms with van der Waals surface area (Å²) in [7, 11) is -1.03. The fraction of sp³-hybridized carbons (Fsp3) is 0.0870. The van der Waals surface area contributed by atoms with E-state index in [9.17, 15) is 13.2 Å². The van der Waals surface area contributed by atoms with Gasteiger partial charge < -0.3 is 19.8 Å². The molecule has 1 heterocycles. The number of carbonyl (C=O) groups excluding carboxylic acids is 1. The maximum atomic E-state index is 12.8. The smallest absolute Gasteiger partial charge is 0.281 e. The fourth-order valence-corrected chi connectivity index (χ4v) is 4.44. The lowest BCUT2D eigenvalue weighted by Crippen LogP contribution is -2.30. The first kappa shape index (κ1) is 22.5. The molecule has 33 heavy (non-hydrogen) atoms. The van der Waals surface area contributed by atoms with Crippen LogP contribution in [0.1, 0.15) is 10.5 Å². The summed E-state index contributed by atoms with van der Waals surface area (Å²) in [5, 5.41) is 4.23. The number of halogens is 1. The number of anilines is 2. The Hall–Kier alpha value is -3.69. The minimum absolute atomic E-state index is 0.0453. The van der Waals surface area contributed by atoms with Crippen molar-refractivity contribution in [3.05, 3.63) is 77.4 Å². The van der Waals surface area contributed by atoms with Gasteiger partial charge in [0.15, 0.2) is 0 Å². The number of hydrogen-bond donors (Lipinski definition) is 3. The number of nitrogens with one attached hydrogen (secondary N) is 3. The van der Waals surface area contributed by atoms with E-state index in [1.165, 1.54) is 37.4 Å². The molecule has 0 aliphatic carbocycles. The minimum Gasteiger partial charge on any atom is -0.497 e. The van der Waals surface area contributed by atoms with Gasteiger partial charge in [-0.25, -0.2) is 13.1 Å². The van der Waals surface area contributed by atoms with Gasteiger partial charge in [-0.3, -0.25) is 4.79 Å². The third-order valence-corrected chi connectivity index (χ3v) is 6.61. The molecule has 0 fully saturated rings. The van der Waals surface area contributed by atoms with E-state index >= 15 is 0 Å². The third kappa shape index (κ3) is 4.74. The average molecular weight is 486 g/mol. The van der Waals surface area contributed by atoms with E-state index in [0.29, 0.717) is 33.1 Å². The summed E-state index contributed by atoms with van der Waals surface area (Å²) in [5.41, 5.74) is 2.02. The molecule has 0 spiro atoms. The largest absolute Gasteiger partial charge is 0.497 e. The number of amides is 1. The molecule has 3 aromatic carbocycles. The Bertz CT molecular complexity index is 1430. The number of fused-ring (bicyclic) bond motifs is 1. The standard InChI is InChI=1S/C23H20ClN3O5S/c1-31-15-6-8-17(9-7-15)33(29,30)27-23(28)21-13-18-19(24)10-11-20(22(18)26-21)25-14-4-3-5-16(12-14)32-2/h3-13,25-26H,1-2H3,(H,27,28). The molecule has 0 atom stereocenters. The number of methoxy groups -OCH3 is 2. The first-order valence-corrected chi connectivity index (χ1v) is 11.6. The Kier molecular flexibility index (Phi) is 6.17. The first-order valence-electron chi connectivity index (χ1n) is 9.74. The Morgan fingerprint density at radius 3 is 2.36 bits per heavy atom. The monoisotopic (exact) mass is 485 g/mol. The summed E-state index contributed by atoms with van der Waals surface area (Å²) in [6, 6.07) is 18.0. The van der Waals surface area contributed by atoms with Crippen LogP contribution in [0.2, 0.25) is 5.02 Å². The molecule has 4 rings (SSSR count). The number of rotatable bonds is 7. The van der Waals surface area contributed by atoms with E-state index in [-0.39, 0.29) is 10.6 Å². The molecule has 1 amide bonds. The zero-order valence-electron chi connectivity index (χ0n) is 17.7. The second-order valence-electron chi connectivity index (χ2n) is 7.03. The Morgan fingerprint density at radius 1 is 0.939 bits per heavy atom. The van der Waals surface area contributed by atoms with Crippen LogP contribution in [0.4, 0.5) is 11.4 Å². The second-order valence-corrected chi connectivity index (χ2v) is 9.12. The van der Waals surface area contributed by atoms with Gasteiger partial charge in [-0.1, -0.05) is 17.7 Å². The van der Waals surface area contributed by atoms with Crippen molar-refractivity contribution in [1.29, 1.82) is 0 Å². The van der Waals surface area contributed by atoms with Crippen molar-refractivity contribution in [3.8, 4) is 11.5 Å². The van der Waals surface area contributed by atoms with Gasteiger partial charge in [0.2, 0.25) is 0 Å². The minimum atomic E-state index is -4.08. The molecule has 8 nitrogen and oxygen atoms in total. The molecule has 0 bridgehead atoms. The average Bonchev–Trinajstić information content (AvgIpc) is 3.28. The topological polar surface area (TPSA) is 110 Å². The van der Waals surface area contributed by atoms with E-state index in [4.69, 9.17) is 21.1 Å². The van der Waals surface area contributed by atoms with E-state index in [0.717, 1.165) is 5.69 Å². The van der Waals surface area contributed by atoms with E-state index in [2.05, 4.69) is 15.0 Å². The molecule has 0 saturated carbocycles. The summed E-state index contributed by atoms with van der Waals surface area (Å²) in [6.45, 7) is 0. The van der Waals surface area contributed by atoms with Gasteiger partial charge in [0, 0.05) is 17.1 Å². The lowest BCUT2D eigenvalue weighted by molar-refractivity contribution is 0.0977. The number of sulfonamides is 1. The molecule has 4 aromatic rings. The molecule has 0 aliphatic rings. The number of aromatic nitrogens is 1. The van der Waals surface area contributed by atoms with Gasteiger partial charge in [0.05, 0.1) is 35.3 Å². The van der Waals surface area contributed by atoms with Crippen LogP contribution in [0.3, 0.4) is 0 Å².